The number of carbonyl (C=O) groups excluding carboxylic acids is 1. The van der Waals surface area contributed by atoms with Crippen molar-refractivity contribution in [3.63, 3.8) is 0 Å². The van der Waals surface area contributed by atoms with Crippen LogP contribution in [0.4, 0.5) is 0 Å². The summed E-state index contributed by atoms with van der Waals surface area (Å²) in [6, 6.07) is 12.3. The molecule has 2 aromatic heterocycles. The van der Waals surface area contributed by atoms with Gasteiger partial charge in [-0.1, -0.05) is 24.3 Å². The summed E-state index contributed by atoms with van der Waals surface area (Å²) in [5, 5.41) is 5.35. The maximum absolute atomic E-state index is 11.3. The standard InChI is InChI=1S/C17H19N3OS/c1-11(17(18)21)19-10-14(16-7-4-8-22-16)13-9-20-15-6-3-2-5-12(13)15/h2-9,11,14,19-20H,10H2,1H3,(H2,18,21)/p+1/t11-,14+/m1/s1. The van der Waals surface area contributed by atoms with E-state index in [4.69, 9.17) is 5.73 Å². The van der Waals surface area contributed by atoms with E-state index in [1.54, 1.807) is 11.3 Å². The van der Waals surface area contributed by atoms with Gasteiger partial charge in [0.25, 0.3) is 5.91 Å². The number of hydrogen-bond acceptors (Lipinski definition) is 2. The lowest BCUT2D eigenvalue weighted by Gasteiger charge is -2.16. The summed E-state index contributed by atoms with van der Waals surface area (Å²) in [5.41, 5.74) is 7.79. The second-order valence-electron chi connectivity index (χ2n) is 5.52. The molecule has 3 rings (SSSR count). The Balaban J connectivity index is 1.93. The first-order valence-electron chi connectivity index (χ1n) is 7.39. The summed E-state index contributed by atoms with van der Waals surface area (Å²) in [6.07, 6.45) is 2.08. The molecule has 0 fully saturated rings. The predicted octanol–water partition coefficient (Wildman–Crippen LogP) is 1.80. The van der Waals surface area contributed by atoms with Crippen LogP contribution in [0.15, 0.2) is 48.0 Å². The van der Waals surface area contributed by atoms with Crippen LogP contribution in [-0.4, -0.2) is 23.5 Å². The molecule has 0 bridgehead atoms. The Morgan fingerprint density at radius 2 is 2.14 bits per heavy atom. The summed E-state index contributed by atoms with van der Waals surface area (Å²) in [7, 11) is 0. The summed E-state index contributed by atoms with van der Waals surface area (Å²) in [5.74, 6) is -0.0261. The van der Waals surface area contributed by atoms with Crippen LogP contribution in [0.25, 0.3) is 10.9 Å². The van der Waals surface area contributed by atoms with Gasteiger partial charge >= 0.3 is 0 Å². The highest BCUT2D eigenvalue weighted by atomic mass is 32.1. The quantitative estimate of drug-likeness (QED) is 0.637. The maximum atomic E-state index is 11.3. The molecular weight excluding hydrogens is 294 g/mol. The molecule has 0 aliphatic carbocycles. The van der Waals surface area contributed by atoms with Crippen LogP contribution in [0.5, 0.6) is 0 Å². The average Bonchev–Trinajstić information content (AvgIpc) is 3.17. The number of aromatic nitrogens is 1. The van der Waals surface area contributed by atoms with Crippen molar-refractivity contribution in [1.29, 1.82) is 0 Å². The number of quaternary nitrogens is 1. The van der Waals surface area contributed by atoms with E-state index in [0.717, 1.165) is 12.1 Å². The SMILES string of the molecule is C[C@@H]([NH2+]C[C@H](c1cccs1)c1c[nH]c2ccccc12)C(N)=O. The summed E-state index contributed by atoms with van der Waals surface area (Å²) >= 11 is 1.75. The molecule has 114 valence electrons. The fourth-order valence-electron chi connectivity index (χ4n) is 2.72. The third kappa shape index (κ3) is 2.91. The minimum atomic E-state index is -0.274. The number of H-pyrrole nitrogens is 1. The average molecular weight is 314 g/mol. The molecular formula is C17H20N3OS+. The molecule has 5 N–H and O–H groups in total. The van der Waals surface area contributed by atoms with Gasteiger partial charge in [0.05, 0.1) is 12.5 Å². The minimum Gasteiger partial charge on any atom is -0.365 e. The molecule has 2 atom stereocenters. The van der Waals surface area contributed by atoms with Crippen LogP contribution in [0.3, 0.4) is 0 Å². The number of thiophene rings is 1. The van der Waals surface area contributed by atoms with Gasteiger partial charge in [-0.25, -0.2) is 0 Å². The van der Waals surface area contributed by atoms with Gasteiger partial charge in [0.15, 0.2) is 6.04 Å². The lowest BCUT2D eigenvalue weighted by molar-refractivity contribution is -0.674. The van der Waals surface area contributed by atoms with Crippen molar-refractivity contribution < 1.29 is 10.1 Å². The van der Waals surface area contributed by atoms with E-state index in [0.29, 0.717) is 0 Å². The van der Waals surface area contributed by atoms with Crippen molar-refractivity contribution >= 4 is 28.1 Å². The number of primary amides is 1. The number of amides is 1. The monoisotopic (exact) mass is 314 g/mol. The Labute approximate surface area is 133 Å². The van der Waals surface area contributed by atoms with Crippen LogP contribution in [-0.2, 0) is 4.79 Å². The summed E-state index contributed by atoms with van der Waals surface area (Å²) in [6.45, 7) is 2.65. The maximum Gasteiger partial charge on any atom is 0.275 e. The van der Waals surface area contributed by atoms with E-state index in [1.165, 1.54) is 15.8 Å². The first-order valence-corrected chi connectivity index (χ1v) is 8.27. The second kappa shape index (κ2) is 6.34. The van der Waals surface area contributed by atoms with Crippen LogP contribution in [0.2, 0.25) is 0 Å². The van der Waals surface area contributed by atoms with Crippen molar-refractivity contribution in [2.24, 2.45) is 5.73 Å². The molecule has 1 aromatic carbocycles. The number of hydrogen-bond donors (Lipinski definition) is 3. The van der Waals surface area contributed by atoms with Crippen molar-refractivity contribution in [1.82, 2.24) is 4.98 Å². The van der Waals surface area contributed by atoms with Gasteiger partial charge < -0.3 is 16.0 Å². The van der Waals surface area contributed by atoms with Gasteiger partial charge in [0.2, 0.25) is 0 Å². The third-order valence-electron chi connectivity index (χ3n) is 4.06. The van der Waals surface area contributed by atoms with E-state index in [2.05, 4.69) is 46.9 Å². The number of benzene rings is 1. The van der Waals surface area contributed by atoms with Gasteiger partial charge in [0.1, 0.15) is 0 Å². The number of carbonyl (C=O) groups is 1. The van der Waals surface area contributed by atoms with Crippen LogP contribution in [0, 0.1) is 0 Å². The van der Waals surface area contributed by atoms with E-state index in [9.17, 15) is 4.79 Å². The largest absolute Gasteiger partial charge is 0.365 e. The molecule has 5 heteroatoms. The molecule has 2 heterocycles. The Kier molecular flexibility index (Phi) is 4.27. The number of nitrogens with one attached hydrogen (secondary N) is 1. The zero-order valence-corrected chi connectivity index (χ0v) is 13.3. The Hall–Kier alpha value is -2.11. The van der Waals surface area contributed by atoms with Crippen molar-refractivity contribution in [3.8, 4) is 0 Å². The molecule has 0 saturated heterocycles. The molecule has 0 radical (unpaired) electrons. The van der Waals surface area contributed by atoms with Crippen LogP contribution >= 0.6 is 11.3 Å². The predicted molar refractivity (Wildman–Crippen MR) is 89.9 cm³/mol. The van der Waals surface area contributed by atoms with Crippen LogP contribution in [0.1, 0.15) is 23.3 Å². The van der Waals surface area contributed by atoms with Gasteiger partial charge in [-0.3, -0.25) is 4.79 Å². The highest BCUT2D eigenvalue weighted by Gasteiger charge is 2.23. The summed E-state index contributed by atoms with van der Waals surface area (Å²) < 4.78 is 0. The van der Waals surface area contributed by atoms with Crippen LogP contribution < -0.4 is 11.1 Å². The first-order chi connectivity index (χ1) is 10.7. The molecule has 4 nitrogen and oxygen atoms in total. The molecule has 0 aliphatic heterocycles. The lowest BCUT2D eigenvalue weighted by atomic mass is 9.96. The lowest BCUT2D eigenvalue weighted by Crippen LogP contribution is -2.92. The topological polar surface area (TPSA) is 75.5 Å². The number of nitrogens with two attached hydrogens (primary N) is 2. The van der Waals surface area contributed by atoms with Crippen molar-refractivity contribution in [2.75, 3.05) is 6.54 Å². The molecule has 22 heavy (non-hydrogen) atoms. The molecule has 0 saturated carbocycles. The molecule has 0 unspecified atom stereocenters. The Morgan fingerprint density at radius 3 is 2.86 bits per heavy atom. The first kappa shape index (κ1) is 14.8. The van der Waals surface area contributed by atoms with Gasteiger partial charge in [0, 0.05) is 22.0 Å². The fraction of sp³-hybridized carbons (Fsp3) is 0.235. The molecule has 0 spiro atoms. The Morgan fingerprint density at radius 1 is 1.32 bits per heavy atom. The normalized spacial score (nSPS) is 14.0. The number of fused-ring (bicyclic) bond motifs is 1. The number of aromatic amines is 1. The third-order valence-corrected chi connectivity index (χ3v) is 5.04. The molecule has 3 aromatic rings. The number of para-hydroxylation sites is 1. The highest BCUT2D eigenvalue weighted by Crippen LogP contribution is 2.32. The second-order valence-corrected chi connectivity index (χ2v) is 6.50. The van der Waals surface area contributed by atoms with E-state index >= 15 is 0 Å². The molecule has 0 aliphatic rings. The van der Waals surface area contributed by atoms with E-state index in [-0.39, 0.29) is 17.9 Å². The highest BCUT2D eigenvalue weighted by molar-refractivity contribution is 7.10. The molecule has 1 amide bonds. The van der Waals surface area contributed by atoms with Gasteiger partial charge in [-0.15, -0.1) is 11.3 Å². The van der Waals surface area contributed by atoms with Crippen molar-refractivity contribution in [2.45, 2.75) is 18.9 Å². The fourth-order valence-corrected chi connectivity index (χ4v) is 3.58. The zero-order valence-electron chi connectivity index (χ0n) is 12.5. The zero-order chi connectivity index (χ0) is 15.5. The minimum absolute atomic E-state index is 0.215. The Bertz CT molecular complexity index is 763. The summed E-state index contributed by atoms with van der Waals surface area (Å²) in [4.78, 5) is 15.9. The van der Waals surface area contributed by atoms with Gasteiger partial charge in [-0.2, -0.15) is 0 Å². The van der Waals surface area contributed by atoms with Gasteiger partial charge in [-0.05, 0) is 30.0 Å². The van der Waals surface area contributed by atoms with Crippen molar-refractivity contribution in [3.05, 3.63) is 58.4 Å². The van der Waals surface area contributed by atoms with E-state index in [1.807, 2.05) is 18.3 Å². The van der Waals surface area contributed by atoms with E-state index < -0.39 is 0 Å². The smallest absolute Gasteiger partial charge is 0.275 e. The number of rotatable bonds is 6.